The van der Waals surface area contributed by atoms with Crippen LogP contribution in [0, 0.1) is 5.92 Å². The third-order valence-corrected chi connectivity index (χ3v) is 3.87. The third-order valence-electron chi connectivity index (χ3n) is 3.87. The molecule has 2 nitrogen and oxygen atoms in total. The average Bonchev–Trinajstić information content (AvgIpc) is 2.57. The number of hydrazine groups is 1. The Labute approximate surface area is 105 Å². The van der Waals surface area contributed by atoms with Crippen LogP contribution in [0.25, 0.3) is 0 Å². The number of rotatable bonds is 3. The summed E-state index contributed by atoms with van der Waals surface area (Å²) in [5.41, 5.74) is 4.65. The molecular formula is C15H24N2. The van der Waals surface area contributed by atoms with E-state index in [-0.39, 0.29) is 0 Å². The van der Waals surface area contributed by atoms with Gasteiger partial charge in [0.2, 0.25) is 0 Å². The highest BCUT2D eigenvalue weighted by Crippen LogP contribution is 2.27. The highest BCUT2D eigenvalue weighted by atomic mass is 15.5. The van der Waals surface area contributed by atoms with E-state index in [0.717, 1.165) is 5.92 Å². The molecule has 1 N–H and O–H groups in total. The van der Waals surface area contributed by atoms with E-state index in [0.29, 0.717) is 6.04 Å². The predicted octanol–water partition coefficient (Wildman–Crippen LogP) is 3.60. The van der Waals surface area contributed by atoms with E-state index in [9.17, 15) is 0 Å². The van der Waals surface area contributed by atoms with Gasteiger partial charge in [-0.2, -0.15) is 0 Å². The van der Waals surface area contributed by atoms with E-state index in [1.807, 2.05) is 7.05 Å². The molecule has 2 heteroatoms. The van der Waals surface area contributed by atoms with Crippen LogP contribution in [0.3, 0.4) is 0 Å². The number of nitrogens with zero attached hydrogens (tertiary/aromatic N) is 1. The topological polar surface area (TPSA) is 15.3 Å². The molecule has 1 fully saturated rings. The zero-order chi connectivity index (χ0) is 12.1. The molecule has 1 aromatic carbocycles. The van der Waals surface area contributed by atoms with Crippen molar-refractivity contribution in [2.45, 2.75) is 45.1 Å². The second kappa shape index (κ2) is 6.06. The molecule has 0 heterocycles. The van der Waals surface area contributed by atoms with Gasteiger partial charge in [-0.3, -0.25) is 0 Å². The molecule has 2 atom stereocenters. The Morgan fingerprint density at radius 2 is 1.82 bits per heavy atom. The first-order chi connectivity index (χ1) is 8.31. The first-order valence-corrected chi connectivity index (χ1v) is 6.83. The van der Waals surface area contributed by atoms with Crippen molar-refractivity contribution < 1.29 is 0 Å². The maximum absolute atomic E-state index is 3.36. The normalized spacial score (nSPS) is 25.3. The Hall–Kier alpha value is -1.02. The van der Waals surface area contributed by atoms with Crippen LogP contribution in [0.2, 0.25) is 0 Å². The van der Waals surface area contributed by atoms with Crippen LogP contribution in [0.15, 0.2) is 30.3 Å². The Balaban J connectivity index is 2.07. The Morgan fingerprint density at radius 3 is 2.53 bits per heavy atom. The van der Waals surface area contributed by atoms with E-state index in [4.69, 9.17) is 0 Å². The van der Waals surface area contributed by atoms with Crippen LogP contribution >= 0.6 is 0 Å². The molecule has 0 bridgehead atoms. The minimum absolute atomic E-state index is 0.646. The molecule has 0 aliphatic heterocycles. The minimum atomic E-state index is 0.646. The molecule has 0 amide bonds. The Kier molecular flexibility index (Phi) is 4.43. The molecule has 1 aliphatic rings. The van der Waals surface area contributed by atoms with Gasteiger partial charge in [-0.1, -0.05) is 38.0 Å². The van der Waals surface area contributed by atoms with E-state index in [2.05, 4.69) is 47.7 Å². The SMILES string of the molecule is CNN(c1ccccc1)C1CCCC(C)CC1. The quantitative estimate of drug-likeness (QED) is 0.633. The monoisotopic (exact) mass is 232 g/mol. The molecule has 1 saturated carbocycles. The summed E-state index contributed by atoms with van der Waals surface area (Å²) < 4.78 is 0. The molecule has 17 heavy (non-hydrogen) atoms. The largest absolute Gasteiger partial charge is 0.306 e. The minimum Gasteiger partial charge on any atom is -0.306 e. The van der Waals surface area contributed by atoms with Crippen molar-refractivity contribution in [2.75, 3.05) is 12.1 Å². The molecule has 2 rings (SSSR count). The molecule has 1 aromatic rings. The van der Waals surface area contributed by atoms with Crippen molar-refractivity contribution in [1.29, 1.82) is 0 Å². The Morgan fingerprint density at radius 1 is 1.06 bits per heavy atom. The maximum Gasteiger partial charge on any atom is 0.0522 e. The fourth-order valence-corrected chi connectivity index (χ4v) is 2.84. The second-order valence-electron chi connectivity index (χ2n) is 5.20. The number of anilines is 1. The summed E-state index contributed by atoms with van der Waals surface area (Å²) in [6.45, 7) is 2.38. The van der Waals surface area contributed by atoms with Crippen molar-refractivity contribution in [3.8, 4) is 0 Å². The van der Waals surface area contributed by atoms with E-state index in [1.54, 1.807) is 0 Å². The summed E-state index contributed by atoms with van der Waals surface area (Å²) in [5, 5.41) is 2.35. The summed E-state index contributed by atoms with van der Waals surface area (Å²) in [5.74, 6) is 0.898. The fourth-order valence-electron chi connectivity index (χ4n) is 2.84. The van der Waals surface area contributed by atoms with E-state index >= 15 is 0 Å². The van der Waals surface area contributed by atoms with Crippen molar-refractivity contribution >= 4 is 5.69 Å². The zero-order valence-corrected chi connectivity index (χ0v) is 11.0. The van der Waals surface area contributed by atoms with Crippen molar-refractivity contribution in [3.05, 3.63) is 30.3 Å². The van der Waals surface area contributed by atoms with Crippen molar-refractivity contribution in [3.63, 3.8) is 0 Å². The van der Waals surface area contributed by atoms with Gasteiger partial charge >= 0.3 is 0 Å². The molecule has 0 radical (unpaired) electrons. The van der Waals surface area contributed by atoms with Gasteiger partial charge in [-0.25, -0.2) is 5.43 Å². The number of benzene rings is 1. The smallest absolute Gasteiger partial charge is 0.0522 e. The number of para-hydroxylation sites is 1. The molecule has 0 saturated heterocycles. The summed E-state index contributed by atoms with van der Waals surface area (Å²) in [6, 6.07) is 11.3. The lowest BCUT2D eigenvalue weighted by atomic mass is 10.0. The fraction of sp³-hybridized carbons (Fsp3) is 0.600. The van der Waals surface area contributed by atoms with Crippen LogP contribution in [0.1, 0.15) is 39.0 Å². The summed E-state index contributed by atoms with van der Waals surface area (Å²) in [6.07, 6.45) is 6.71. The van der Waals surface area contributed by atoms with Crippen LogP contribution in [0.5, 0.6) is 0 Å². The third kappa shape index (κ3) is 3.22. The van der Waals surface area contributed by atoms with Crippen LogP contribution < -0.4 is 10.4 Å². The van der Waals surface area contributed by atoms with E-state index in [1.165, 1.54) is 37.8 Å². The van der Waals surface area contributed by atoms with Gasteiger partial charge in [0.05, 0.1) is 5.69 Å². The standard InChI is InChI=1S/C15H24N2/c1-13-7-6-10-15(12-11-13)17(16-2)14-8-4-3-5-9-14/h3-5,8-9,13,15-16H,6-7,10-12H2,1-2H3. The summed E-state index contributed by atoms with van der Waals surface area (Å²) in [7, 11) is 2.03. The van der Waals surface area contributed by atoms with Gasteiger partial charge in [-0.15, -0.1) is 0 Å². The maximum atomic E-state index is 3.36. The van der Waals surface area contributed by atoms with Gasteiger partial charge in [0.15, 0.2) is 0 Å². The Bertz CT molecular complexity index is 323. The first kappa shape index (κ1) is 12.4. The van der Waals surface area contributed by atoms with Gasteiger partial charge in [-0.05, 0) is 37.3 Å². The van der Waals surface area contributed by atoms with E-state index < -0.39 is 0 Å². The van der Waals surface area contributed by atoms with Crippen molar-refractivity contribution in [1.82, 2.24) is 5.43 Å². The first-order valence-electron chi connectivity index (χ1n) is 6.83. The van der Waals surface area contributed by atoms with Gasteiger partial charge in [0.1, 0.15) is 0 Å². The molecule has 0 spiro atoms. The lowest BCUT2D eigenvalue weighted by molar-refractivity contribution is 0.471. The average molecular weight is 232 g/mol. The number of hydrogen-bond donors (Lipinski definition) is 1. The van der Waals surface area contributed by atoms with Crippen LogP contribution in [0.4, 0.5) is 5.69 Å². The molecule has 2 unspecified atom stereocenters. The summed E-state index contributed by atoms with van der Waals surface area (Å²) in [4.78, 5) is 0. The van der Waals surface area contributed by atoms with Gasteiger partial charge in [0, 0.05) is 13.1 Å². The lowest BCUT2D eigenvalue weighted by Crippen LogP contribution is -2.43. The number of hydrogen-bond acceptors (Lipinski definition) is 2. The second-order valence-corrected chi connectivity index (χ2v) is 5.20. The molecule has 1 aliphatic carbocycles. The van der Waals surface area contributed by atoms with Gasteiger partial charge in [0.25, 0.3) is 0 Å². The highest BCUT2D eigenvalue weighted by Gasteiger charge is 2.21. The molecular weight excluding hydrogens is 208 g/mol. The zero-order valence-electron chi connectivity index (χ0n) is 11.0. The summed E-state index contributed by atoms with van der Waals surface area (Å²) >= 11 is 0. The van der Waals surface area contributed by atoms with Crippen LogP contribution in [-0.4, -0.2) is 13.1 Å². The number of nitrogens with one attached hydrogen (secondary N) is 1. The van der Waals surface area contributed by atoms with Crippen LogP contribution in [-0.2, 0) is 0 Å². The predicted molar refractivity (Wildman–Crippen MR) is 74.0 cm³/mol. The lowest BCUT2D eigenvalue weighted by Gasteiger charge is -2.32. The molecule has 94 valence electrons. The van der Waals surface area contributed by atoms with Crippen molar-refractivity contribution in [2.24, 2.45) is 5.92 Å². The molecule has 0 aromatic heterocycles. The van der Waals surface area contributed by atoms with Gasteiger partial charge < -0.3 is 5.01 Å². The highest BCUT2D eigenvalue weighted by molar-refractivity contribution is 5.45.